The minimum atomic E-state index is 1.26. The third-order valence-electron chi connectivity index (χ3n) is 5.05. The molecular formula is C24H14S2. The summed E-state index contributed by atoms with van der Waals surface area (Å²) in [6.07, 6.45) is 2.36. The van der Waals surface area contributed by atoms with Gasteiger partial charge < -0.3 is 0 Å². The molecule has 0 saturated heterocycles. The maximum Gasteiger partial charge on any atom is 0.0540 e. The molecule has 0 spiro atoms. The van der Waals surface area contributed by atoms with Crippen LogP contribution in [0.4, 0.5) is 0 Å². The largest absolute Gasteiger partial charge is 0.134 e. The van der Waals surface area contributed by atoms with Crippen LogP contribution in [-0.2, 0) is 0 Å². The van der Waals surface area contributed by atoms with Crippen molar-refractivity contribution >= 4 is 54.5 Å². The van der Waals surface area contributed by atoms with Crippen LogP contribution in [0.1, 0.15) is 16.7 Å². The molecule has 26 heavy (non-hydrogen) atoms. The second-order valence-electron chi connectivity index (χ2n) is 6.57. The van der Waals surface area contributed by atoms with Crippen LogP contribution in [0.5, 0.6) is 0 Å². The first-order chi connectivity index (χ1) is 12.9. The minimum Gasteiger partial charge on any atom is -0.134 e. The third kappa shape index (κ3) is 1.94. The van der Waals surface area contributed by atoms with Gasteiger partial charge in [-0.1, -0.05) is 66.7 Å². The van der Waals surface area contributed by atoms with Gasteiger partial charge in [-0.2, -0.15) is 0 Å². The molecule has 0 N–H and O–H groups in total. The highest BCUT2D eigenvalue weighted by molar-refractivity contribution is 7.29. The van der Waals surface area contributed by atoms with Gasteiger partial charge in [0.1, 0.15) is 0 Å². The Labute approximate surface area is 159 Å². The Kier molecular flexibility index (Phi) is 3.01. The summed E-state index contributed by atoms with van der Waals surface area (Å²) in [6.45, 7) is 0. The van der Waals surface area contributed by atoms with E-state index in [0.717, 1.165) is 0 Å². The minimum absolute atomic E-state index is 1.26. The number of fused-ring (bicyclic) bond motifs is 7. The van der Waals surface area contributed by atoms with Gasteiger partial charge >= 0.3 is 0 Å². The molecule has 1 aliphatic rings. The van der Waals surface area contributed by atoms with Crippen molar-refractivity contribution in [3.8, 4) is 9.75 Å². The lowest BCUT2D eigenvalue weighted by molar-refractivity contribution is 1.66. The molecule has 2 heterocycles. The molecule has 0 amide bonds. The quantitative estimate of drug-likeness (QED) is 0.280. The summed E-state index contributed by atoms with van der Waals surface area (Å²) >= 11 is 3.86. The fourth-order valence-electron chi connectivity index (χ4n) is 3.93. The van der Waals surface area contributed by atoms with Crippen molar-refractivity contribution in [2.45, 2.75) is 0 Å². The highest BCUT2D eigenvalue weighted by Gasteiger charge is 2.31. The van der Waals surface area contributed by atoms with E-state index in [1.807, 2.05) is 22.7 Å². The normalized spacial score (nSPS) is 12.5. The summed E-state index contributed by atoms with van der Waals surface area (Å²) in [5.41, 5.74) is 5.46. The highest BCUT2D eigenvalue weighted by Crippen LogP contribution is 2.57. The smallest absolute Gasteiger partial charge is 0.0540 e. The van der Waals surface area contributed by atoms with Gasteiger partial charge in [0.25, 0.3) is 0 Å². The first-order valence-electron chi connectivity index (χ1n) is 8.71. The van der Waals surface area contributed by atoms with Crippen LogP contribution in [0.25, 0.3) is 41.6 Å². The van der Waals surface area contributed by atoms with E-state index >= 15 is 0 Å². The molecule has 0 aliphatic heterocycles. The van der Waals surface area contributed by atoms with Crippen molar-refractivity contribution < 1.29 is 0 Å². The monoisotopic (exact) mass is 366 g/mol. The molecular weight excluding hydrogens is 352 g/mol. The van der Waals surface area contributed by atoms with Crippen LogP contribution in [-0.4, -0.2) is 0 Å². The van der Waals surface area contributed by atoms with Crippen molar-refractivity contribution in [1.82, 2.24) is 0 Å². The SMILES string of the molecule is C(=C1c2c(sc3ccccc23)-c2sc3ccccc3c21)c1ccccc1. The van der Waals surface area contributed by atoms with Crippen LogP contribution in [0.2, 0.25) is 0 Å². The summed E-state index contributed by atoms with van der Waals surface area (Å²) in [6, 6.07) is 28.3. The Morgan fingerprint density at radius 3 is 1.62 bits per heavy atom. The Morgan fingerprint density at radius 2 is 1.04 bits per heavy atom. The summed E-state index contributed by atoms with van der Waals surface area (Å²) in [5.74, 6) is 0. The Bertz CT molecular complexity index is 1230. The maximum absolute atomic E-state index is 2.36. The number of hydrogen-bond acceptors (Lipinski definition) is 2. The van der Waals surface area contributed by atoms with Gasteiger partial charge in [0, 0.05) is 31.3 Å². The fraction of sp³-hybridized carbons (Fsp3) is 0. The first kappa shape index (κ1) is 14.5. The molecule has 2 aromatic heterocycles. The zero-order valence-electron chi connectivity index (χ0n) is 13.9. The third-order valence-corrected chi connectivity index (χ3v) is 7.55. The van der Waals surface area contributed by atoms with E-state index in [-0.39, 0.29) is 0 Å². The average molecular weight is 367 g/mol. The lowest BCUT2D eigenvalue weighted by Crippen LogP contribution is -1.82. The molecule has 0 nitrogen and oxygen atoms in total. The van der Waals surface area contributed by atoms with E-state index in [2.05, 4.69) is 84.9 Å². The molecule has 0 bridgehead atoms. The van der Waals surface area contributed by atoms with Crippen LogP contribution in [0.15, 0.2) is 78.9 Å². The van der Waals surface area contributed by atoms with E-state index in [4.69, 9.17) is 0 Å². The molecule has 3 aromatic carbocycles. The van der Waals surface area contributed by atoms with Crippen molar-refractivity contribution in [2.75, 3.05) is 0 Å². The number of rotatable bonds is 1. The van der Waals surface area contributed by atoms with Crippen molar-refractivity contribution in [2.24, 2.45) is 0 Å². The highest BCUT2D eigenvalue weighted by atomic mass is 32.1. The van der Waals surface area contributed by atoms with Gasteiger partial charge in [-0.3, -0.25) is 0 Å². The topological polar surface area (TPSA) is 0 Å². The second-order valence-corrected chi connectivity index (χ2v) is 8.68. The Morgan fingerprint density at radius 1 is 0.538 bits per heavy atom. The van der Waals surface area contributed by atoms with Gasteiger partial charge in [-0.05, 0) is 29.3 Å². The first-order valence-corrected chi connectivity index (χ1v) is 10.3. The fourth-order valence-corrected chi connectivity index (χ4v) is 6.51. The van der Waals surface area contributed by atoms with Gasteiger partial charge in [0.05, 0.1) is 9.75 Å². The summed E-state index contributed by atoms with van der Waals surface area (Å²) in [4.78, 5) is 2.87. The average Bonchev–Trinajstić information content (AvgIpc) is 3.32. The van der Waals surface area contributed by atoms with E-state index in [1.54, 1.807) is 0 Å². The molecule has 0 fully saturated rings. The zero-order chi connectivity index (χ0) is 17.1. The number of hydrogen-bond donors (Lipinski definition) is 0. The van der Waals surface area contributed by atoms with Gasteiger partial charge in [-0.25, -0.2) is 0 Å². The molecule has 6 rings (SSSR count). The molecule has 0 saturated carbocycles. The molecule has 0 atom stereocenters. The van der Waals surface area contributed by atoms with Crippen LogP contribution >= 0.6 is 22.7 Å². The summed E-state index contributed by atoms with van der Waals surface area (Å²) in [5, 5.41) is 2.75. The molecule has 0 radical (unpaired) electrons. The van der Waals surface area contributed by atoms with Crippen LogP contribution < -0.4 is 0 Å². The summed E-state index contributed by atoms with van der Waals surface area (Å²) in [7, 11) is 0. The van der Waals surface area contributed by atoms with E-state index < -0.39 is 0 Å². The predicted octanol–water partition coefficient (Wildman–Crippen LogP) is 7.69. The Hall–Kier alpha value is -2.68. The maximum atomic E-state index is 2.36. The van der Waals surface area contributed by atoms with Crippen molar-refractivity contribution in [3.63, 3.8) is 0 Å². The second kappa shape index (κ2) is 5.41. The molecule has 5 aromatic rings. The molecule has 1 aliphatic carbocycles. The standard InChI is InChI=1S/C24H14S2/c1-2-8-15(9-3-1)14-18-21-16-10-4-6-12-19(16)25-23(21)24-22(18)17-11-5-7-13-20(17)26-24/h1-14H. The number of benzene rings is 3. The lowest BCUT2D eigenvalue weighted by Gasteiger charge is -2.04. The van der Waals surface area contributed by atoms with Gasteiger partial charge in [-0.15, -0.1) is 22.7 Å². The molecule has 122 valence electrons. The van der Waals surface area contributed by atoms with Gasteiger partial charge in [0.2, 0.25) is 0 Å². The predicted molar refractivity (Wildman–Crippen MR) is 116 cm³/mol. The van der Waals surface area contributed by atoms with E-state index in [1.165, 1.54) is 52.2 Å². The lowest BCUT2D eigenvalue weighted by atomic mass is 9.98. The van der Waals surface area contributed by atoms with Crippen molar-refractivity contribution in [3.05, 3.63) is 95.6 Å². The zero-order valence-corrected chi connectivity index (χ0v) is 15.5. The van der Waals surface area contributed by atoms with Crippen LogP contribution in [0.3, 0.4) is 0 Å². The van der Waals surface area contributed by atoms with E-state index in [9.17, 15) is 0 Å². The molecule has 2 heteroatoms. The number of thiophene rings is 2. The van der Waals surface area contributed by atoms with E-state index in [0.29, 0.717) is 0 Å². The van der Waals surface area contributed by atoms with Crippen molar-refractivity contribution in [1.29, 1.82) is 0 Å². The van der Waals surface area contributed by atoms with Gasteiger partial charge in [0.15, 0.2) is 0 Å². The summed E-state index contributed by atoms with van der Waals surface area (Å²) < 4.78 is 2.75. The Balaban J connectivity index is 1.76. The van der Waals surface area contributed by atoms with Crippen LogP contribution in [0, 0.1) is 0 Å². The molecule has 0 unspecified atom stereocenters.